The van der Waals surface area contributed by atoms with Gasteiger partial charge in [-0.15, -0.1) is 0 Å². The second-order valence-corrected chi connectivity index (χ2v) is 5.35. The van der Waals surface area contributed by atoms with Gasteiger partial charge in [0.25, 0.3) is 5.91 Å². The Morgan fingerprint density at radius 1 is 1.32 bits per heavy atom. The fourth-order valence-corrected chi connectivity index (χ4v) is 2.45. The van der Waals surface area contributed by atoms with Gasteiger partial charge in [-0.25, -0.2) is 0 Å². The van der Waals surface area contributed by atoms with Gasteiger partial charge >= 0.3 is 5.69 Å². The van der Waals surface area contributed by atoms with Gasteiger partial charge in [0.05, 0.1) is 18.6 Å². The lowest BCUT2D eigenvalue weighted by Gasteiger charge is -2.26. The molecule has 2 aromatic carbocycles. The van der Waals surface area contributed by atoms with Gasteiger partial charge in [0.15, 0.2) is 17.2 Å². The van der Waals surface area contributed by atoms with Crippen molar-refractivity contribution in [3.05, 3.63) is 58.1 Å². The van der Waals surface area contributed by atoms with Crippen LogP contribution in [-0.4, -0.2) is 37.2 Å². The molecule has 130 valence electrons. The molecule has 0 aromatic heterocycles. The van der Waals surface area contributed by atoms with Crippen LogP contribution in [0.3, 0.4) is 0 Å². The molecule has 1 heterocycles. The Bertz CT molecular complexity index is 807. The average molecular weight is 344 g/mol. The van der Waals surface area contributed by atoms with Crippen LogP contribution in [0.5, 0.6) is 17.2 Å². The van der Waals surface area contributed by atoms with Gasteiger partial charge in [-0.05, 0) is 24.3 Å². The van der Waals surface area contributed by atoms with Crippen LogP contribution >= 0.6 is 0 Å². The van der Waals surface area contributed by atoms with E-state index < -0.39 is 10.8 Å². The number of methoxy groups -OCH3 is 1. The molecule has 0 aliphatic carbocycles. The van der Waals surface area contributed by atoms with Gasteiger partial charge in [-0.3, -0.25) is 14.9 Å². The van der Waals surface area contributed by atoms with E-state index in [4.69, 9.17) is 14.2 Å². The second kappa shape index (κ2) is 7.08. The molecule has 1 aliphatic heterocycles. The van der Waals surface area contributed by atoms with E-state index in [1.165, 1.54) is 25.3 Å². The van der Waals surface area contributed by atoms with Gasteiger partial charge in [0.1, 0.15) is 12.7 Å². The highest BCUT2D eigenvalue weighted by molar-refractivity contribution is 5.95. The first-order valence-electron chi connectivity index (χ1n) is 7.57. The summed E-state index contributed by atoms with van der Waals surface area (Å²) < 4.78 is 16.2. The van der Waals surface area contributed by atoms with Crippen molar-refractivity contribution in [2.24, 2.45) is 0 Å². The molecule has 1 aliphatic rings. The lowest BCUT2D eigenvalue weighted by atomic mass is 10.1. The summed E-state index contributed by atoms with van der Waals surface area (Å²) in [5, 5.41) is 13.7. The largest absolute Gasteiger partial charge is 0.490 e. The standard InChI is InChI=1S/C17H16N2O6/c1-23-14-7-6-11(8-13(14)19(21)22)17(20)18-9-12-10-24-15-4-2-3-5-16(15)25-12/h2-8,12H,9-10H2,1H3,(H,18,20)/t12-/m1/s1. The maximum atomic E-state index is 12.2. The van der Waals surface area contributed by atoms with E-state index in [-0.39, 0.29) is 29.6 Å². The maximum Gasteiger partial charge on any atom is 0.311 e. The molecule has 8 heteroatoms. The van der Waals surface area contributed by atoms with Crippen molar-refractivity contribution in [3.63, 3.8) is 0 Å². The number of nitrogens with zero attached hydrogens (tertiary/aromatic N) is 1. The highest BCUT2D eigenvalue weighted by atomic mass is 16.6. The van der Waals surface area contributed by atoms with Crippen molar-refractivity contribution in [3.8, 4) is 17.2 Å². The number of para-hydroxylation sites is 2. The van der Waals surface area contributed by atoms with Crippen molar-refractivity contribution < 1.29 is 23.9 Å². The fourth-order valence-electron chi connectivity index (χ4n) is 2.45. The zero-order valence-corrected chi connectivity index (χ0v) is 13.4. The monoisotopic (exact) mass is 344 g/mol. The topological polar surface area (TPSA) is 99.9 Å². The van der Waals surface area contributed by atoms with Crippen LogP contribution in [0.4, 0.5) is 5.69 Å². The van der Waals surface area contributed by atoms with Crippen LogP contribution in [0.15, 0.2) is 42.5 Å². The first kappa shape index (κ1) is 16.6. The third-order valence-electron chi connectivity index (χ3n) is 3.70. The Morgan fingerprint density at radius 3 is 2.80 bits per heavy atom. The molecule has 1 amide bonds. The molecule has 0 unspecified atom stereocenters. The van der Waals surface area contributed by atoms with Crippen molar-refractivity contribution in [2.75, 3.05) is 20.3 Å². The van der Waals surface area contributed by atoms with Crippen molar-refractivity contribution >= 4 is 11.6 Å². The summed E-state index contributed by atoms with van der Waals surface area (Å²) in [5.41, 5.74) is -0.0917. The molecular formula is C17H16N2O6. The number of amides is 1. The zero-order valence-electron chi connectivity index (χ0n) is 13.4. The maximum absolute atomic E-state index is 12.2. The lowest BCUT2D eigenvalue weighted by molar-refractivity contribution is -0.385. The SMILES string of the molecule is COc1ccc(C(=O)NC[C@@H]2COc3ccccc3O2)cc1[N+](=O)[O-]. The van der Waals surface area contributed by atoms with Gasteiger partial charge < -0.3 is 19.5 Å². The van der Waals surface area contributed by atoms with Gasteiger partial charge in [0, 0.05) is 11.6 Å². The van der Waals surface area contributed by atoms with Crippen LogP contribution in [0.2, 0.25) is 0 Å². The Balaban J connectivity index is 1.64. The number of nitro benzene ring substituents is 1. The summed E-state index contributed by atoms with van der Waals surface area (Å²) >= 11 is 0. The van der Waals surface area contributed by atoms with Crippen LogP contribution < -0.4 is 19.5 Å². The predicted octanol–water partition coefficient (Wildman–Crippen LogP) is 2.17. The van der Waals surface area contributed by atoms with Crippen LogP contribution in [0, 0.1) is 10.1 Å². The molecule has 0 bridgehead atoms. The number of nitrogens with one attached hydrogen (secondary N) is 1. The second-order valence-electron chi connectivity index (χ2n) is 5.35. The summed E-state index contributed by atoms with van der Waals surface area (Å²) in [6.45, 7) is 0.521. The van der Waals surface area contributed by atoms with E-state index >= 15 is 0 Å². The molecule has 3 rings (SSSR count). The number of fused-ring (bicyclic) bond motifs is 1. The normalized spacial score (nSPS) is 15.3. The molecule has 0 radical (unpaired) electrons. The molecule has 8 nitrogen and oxygen atoms in total. The molecule has 0 saturated carbocycles. The van der Waals surface area contributed by atoms with Gasteiger partial charge in [-0.1, -0.05) is 12.1 Å². The summed E-state index contributed by atoms with van der Waals surface area (Å²) in [7, 11) is 1.33. The van der Waals surface area contributed by atoms with Crippen LogP contribution in [0.25, 0.3) is 0 Å². The Hall–Kier alpha value is -3.29. The Labute approximate surface area is 143 Å². The Kier molecular flexibility index (Phi) is 4.69. The van der Waals surface area contributed by atoms with Crippen LogP contribution in [-0.2, 0) is 0 Å². The number of nitro groups is 1. The zero-order chi connectivity index (χ0) is 17.8. The van der Waals surface area contributed by atoms with E-state index in [1.807, 2.05) is 12.1 Å². The lowest BCUT2D eigenvalue weighted by Crippen LogP contribution is -2.40. The van der Waals surface area contributed by atoms with Crippen molar-refractivity contribution in [2.45, 2.75) is 6.10 Å². The third-order valence-corrected chi connectivity index (χ3v) is 3.70. The van der Waals surface area contributed by atoms with E-state index in [2.05, 4.69) is 5.32 Å². The third kappa shape index (κ3) is 3.63. The van der Waals surface area contributed by atoms with E-state index in [1.54, 1.807) is 12.1 Å². The molecule has 2 aromatic rings. The number of benzene rings is 2. The highest BCUT2D eigenvalue weighted by Crippen LogP contribution is 2.31. The van der Waals surface area contributed by atoms with E-state index in [9.17, 15) is 14.9 Å². The van der Waals surface area contributed by atoms with Crippen LogP contribution in [0.1, 0.15) is 10.4 Å². The predicted molar refractivity (Wildman–Crippen MR) is 88.3 cm³/mol. The molecule has 0 spiro atoms. The van der Waals surface area contributed by atoms with E-state index in [0.717, 1.165) is 0 Å². The Morgan fingerprint density at radius 2 is 2.08 bits per heavy atom. The molecule has 0 fully saturated rings. The first-order chi connectivity index (χ1) is 12.1. The fraction of sp³-hybridized carbons (Fsp3) is 0.235. The summed E-state index contributed by atoms with van der Waals surface area (Å²) in [6.07, 6.45) is -0.341. The van der Waals surface area contributed by atoms with Crippen molar-refractivity contribution in [1.29, 1.82) is 0 Å². The first-order valence-corrected chi connectivity index (χ1v) is 7.57. The molecular weight excluding hydrogens is 328 g/mol. The molecule has 25 heavy (non-hydrogen) atoms. The minimum atomic E-state index is -0.593. The summed E-state index contributed by atoms with van der Waals surface area (Å²) in [6, 6.07) is 11.3. The number of carbonyl (C=O) groups is 1. The van der Waals surface area contributed by atoms with Gasteiger partial charge in [0.2, 0.25) is 0 Å². The smallest absolute Gasteiger partial charge is 0.311 e. The van der Waals surface area contributed by atoms with Gasteiger partial charge in [-0.2, -0.15) is 0 Å². The number of ether oxygens (including phenoxy) is 3. The molecule has 1 N–H and O–H groups in total. The van der Waals surface area contributed by atoms with E-state index in [0.29, 0.717) is 18.1 Å². The number of hydrogen-bond donors (Lipinski definition) is 1. The number of carbonyl (C=O) groups excluding carboxylic acids is 1. The van der Waals surface area contributed by atoms with Crippen molar-refractivity contribution in [1.82, 2.24) is 5.32 Å². The molecule has 1 atom stereocenters. The minimum absolute atomic E-state index is 0.0992. The quantitative estimate of drug-likeness (QED) is 0.659. The summed E-state index contributed by atoms with van der Waals surface area (Å²) in [5.74, 6) is 0.944. The minimum Gasteiger partial charge on any atom is -0.490 e. The average Bonchev–Trinajstić information content (AvgIpc) is 2.65. The number of rotatable bonds is 5. The molecule has 0 saturated heterocycles. The number of hydrogen-bond acceptors (Lipinski definition) is 6. The highest BCUT2D eigenvalue weighted by Gasteiger charge is 2.22. The summed E-state index contributed by atoms with van der Waals surface area (Å²) in [4.78, 5) is 22.7.